The highest BCUT2D eigenvalue weighted by Crippen LogP contribution is 2.34. The number of benzene rings is 2. The number of halogens is 2. The topological polar surface area (TPSA) is 72.8 Å². The molecule has 0 aromatic heterocycles. The van der Waals surface area contributed by atoms with Crippen molar-refractivity contribution in [1.82, 2.24) is 5.01 Å². The van der Waals surface area contributed by atoms with Gasteiger partial charge in [0, 0.05) is 27.8 Å². The standard InChI is InChI=1S/C20H18Br2N2O3/c21-15-8-4-13(5-9-15)17-12-18(14-6-10-16(22)11-7-14)24(23-17)19(25)2-1-3-20(26)27/h4-11,18H,1-3,12H2,(H,26,27)/p-1/t18-/m0/s1. The minimum Gasteiger partial charge on any atom is -0.550 e. The van der Waals surface area contributed by atoms with Crippen molar-refractivity contribution in [2.24, 2.45) is 5.10 Å². The molecule has 0 bridgehead atoms. The van der Waals surface area contributed by atoms with Crippen LogP contribution in [0.25, 0.3) is 0 Å². The molecule has 0 spiro atoms. The third kappa shape index (κ3) is 5.05. The Morgan fingerprint density at radius 3 is 2.19 bits per heavy atom. The molecule has 0 N–H and O–H groups in total. The molecule has 1 aliphatic rings. The highest BCUT2D eigenvalue weighted by atomic mass is 79.9. The van der Waals surface area contributed by atoms with Crippen LogP contribution in [0.4, 0.5) is 0 Å². The molecule has 3 rings (SSSR count). The van der Waals surface area contributed by atoms with Crippen molar-refractivity contribution < 1.29 is 14.7 Å². The minimum atomic E-state index is -1.15. The first-order valence-electron chi connectivity index (χ1n) is 8.55. The van der Waals surface area contributed by atoms with E-state index < -0.39 is 5.97 Å². The van der Waals surface area contributed by atoms with Crippen LogP contribution in [0.1, 0.15) is 42.9 Å². The van der Waals surface area contributed by atoms with Gasteiger partial charge in [-0.25, -0.2) is 5.01 Å². The van der Waals surface area contributed by atoms with Gasteiger partial charge in [-0.15, -0.1) is 0 Å². The molecule has 7 heteroatoms. The first-order chi connectivity index (χ1) is 12.9. The molecule has 1 atom stereocenters. The first-order valence-corrected chi connectivity index (χ1v) is 10.1. The second kappa shape index (κ2) is 8.80. The van der Waals surface area contributed by atoms with Crippen LogP contribution in [0.5, 0.6) is 0 Å². The summed E-state index contributed by atoms with van der Waals surface area (Å²) in [7, 11) is 0. The maximum absolute atomic E-state index is 12.7. The van der Waals surface area contributed by atoms with Crippen LogP contribution in [-0.2, 0) is 9.59 Å². The van der Waals surface area contributed by atoms with Gasteiger partial charge in [0.1, 0.15) is 0 Å². The summed E-state index contributed by atoms with van der Waals surface area (Å²) >= 11 is 6.85. The van der Waals surface area contributed by atoms with Gasteiger partial charge in [0.05, 0.1) is 11.8 Å². The molecule has 1 aliphatic heterocycles. The van der Waals surface area contributed by atoms with Crippen LogP contribution in [0.3, 0.4) is 0 Å². The summed E-state index contributed by atoms with van der Waals surface area (Å²) in [6, 6.07) is 15.4. The molecule has 1 amide bonds. The molecule has 0 aliphatic carbocycles. The fourth-order valence-corrected chi connectivity index (χ4v) is 3.53. The number of hydrogen-bond acceptors (Lipinski definition) is 4. The number of carbonyl (C=O) groups excluding carboxylic acids is 2. The van der Waals surface area contributed by atoms with E-state index in [0.29, 0.717) is 6.42 Å². The number of carbonyl (C=O) groups is 2. The number of rotatable bonds is 6. The van der Waals surface area contributed by atoms with Gasteiger partial charge in [-0.1, -0.05) is 56.1 Å². The van der Waals surface area contributed by atoms with E-state index in [1.807, 2.05) is 48.5 Å². The summed E-state index contributed by atoms with van der Waals surface area (Å²) in [5.74, 6) is -1.33. The van der Waals surface area contributed by atoms with Gasteiger partial charge >= 0.3 is 0 Å². The molecular formula is C20H17Br2N2O3-. The van der Waals surface area contributed by atoms with E-state index in [4.69, 9.17) is 0 Å². The van der Waals surface area contributed by atoms with E-state index >= 15 is 0 Å². The van der Waals surface area contributed by atoms with E-state index in [9.17, 15) is 14.7 Å². The van der Waals surface area contributed by atoms with Gasteiger partial charge in [-0.05, 0) is 48.2 Å². The van der Waals surface area contributed by atoms with Crippen LogP contribution in [-0.4, -0.2) is 22.6 Å². The Morgan fingerprint density at radius 2 is 1.59 bits per heavy atom. The van der Waals surface area contributed by atoms with Gasteiger partial charge in [-0.3, -0.25) is 4.79 Å². The molecule has 0 saturated carbocycles. The highest BCUT2D eigenvalue weighted by molar-refractivity contribution is 9.10. The zero-order chi connectivity index (χ0) is 19.4. The van der Waals surface area contributed by atoms with Crippen LogP contribution in [0.2, 0.25) is 0 Å². The van der Waals surface area contributed by atoms with Crippen molar-refractivity contribution in [3.8, 4) is 0 Å². The van der Waals surface area contributed by atoms with E-state index in [-0.39, 0.29) is 31.2 Å². The van der Waals surface area contributed by atoms with Crippen LogP contribution < -0.4 is 5.11 Å². The van der Waals surface area contributed by atoms with Gasteiger partial charge in [0.2, 0.25) is 5.91 Å². The number of aliphatic carboxylic acids is 1. The fourth-order valence-electron chi connectivity index (χ4n) is 3.00. The number of nitrogens with zero attached hydrogens (tertiary/aromatic N) is 2. The smallest absolute Gasteiger partial charge is 0.243 e. The molecule has 2 aromatic carbocycles. The maximum atomic E-state index is 12.7. The molecule has 0 saturated heterocycles. The van der Waals surface area contributed by atoms with Crippen molar-refractivity contribution in [3.63, 3.8) is 0 Å². The molecule has 27 heavy (non-hydrogen) atoms. The van der Waals surface area contributed by atoms with Gasteiger partial charge < -0.3 is 9.90 Å². The molecule has 2 aromatic rings. The summed E-state index contributed by atoms with van der Waals surface area (Å²) < 4.78 is 1.94. The predicted molar refractivity (Wildman–Crippen MR) is 108 cm³/mol. The third-order valence-electron chi connectivity index (χ3n) is 4.37. The van der Waals surface area contributed by atoms with Gasteiger partial charge in [0.15, 0.2) is 0 Å². The Kier molecular flexibility index (Phi) is 6.44. The number of carboxylic acids is 1. The van der Waals surface area contributed by atoms with Gasteiger partial charge in [-0.2, -0.15) is 5.10 Å². The molecule has 0 unspecified atom stereocenters. The Bertz CT molecular complexity index is 864. The molecule has 0 fully saturated rings. The maximum Gasteiger partial charge on any atom is 0.243 e. The molecular weight excluding hydrogens is 476 g/mol. The lowest BCUT2D eigenvalue weighted by Gasteiger charge is -2.22. The van der Waals surface area contributed by atoms with Gasteiger partial charge in [0.25, 0.3) is 0 Å². The summed E-state index contributed by atoms with van der Waals surface area (Å²) in [4.78, 5) is 23.3. The average molecular weight is 493 g/mol. The largest absolute Gasteiger partial charge is 0.550 e. The SMILES string of the molecule is O=C([O-])CCCC(=O)N1N=C(c2ccc(Br)cc2)C[C@H]1c1ccc(Br)cc1. The van der Waals surface area contributed by atoms with E-state index in [1.54, 1.807) is 0 Å². The quantitative estimate of drug-likeness (QED) is 0.615. The van der Waals surface area contributed by atoms with Crippen LogP contribution >= 0.6 is 31.9 Å². The Labute approximate surface area is 174 Å². The van der Waals surface area contributed by atoms with Crippen molar-refractivity contribution in [2.75, 3.05) is 0 Å². The molecule has 0 radical (unpaired) electrons. The number of carboxylic acid groups (broad SMARTS) is 1. The summed E-state index contributed by atoms with van der Waals surface area (Å²) in [5, 5.41) is 16.7. The number of amides is 1. The second-order valence-corrected chi connectivity index (χ2v) is 8.12. The average Bonchev–Trinajstić information content (AvgIpc) is 3.08. The predicted octanol–water partition coefficient (Wildman–Crippen LogP) is 3.81. The van der Waals surface area contributed by atoms with Crippen molar-refractivity contribution in [3.05, 3.63) is 68.6 Å². The monoisotopic (exact) mass is 491 g/mol. The van der Waals surface area contributed by atoms with Crippen molar-refractivity contribution in [2.45, 2.75) is 31.7 Å². The number of hydrazone groups is 1. The van der Waals surface area contributed by atoms with E-state index in [0.717, 1.165) is 25.8 Å². The van der Waals surface area contributed by atoms with Crippen LogP contribution in [0.15, 0.2) is 62.6 Å². The fraction of sp³-hybridized carbons (Fsp3) is 0.250. The summed E-state index contributed by atoms with van der Waals surface area (Å²) in [6.45, 7) is 0. The van der Waals surface area contributed by atoms with Crippen molar-refractivity contribution >= 4 is 49.4 Å². The molecule has 5 nitrogen and oxygen atoms in total. The molecule has 1 heterocycles. The number of hydrogen-bond donors (Lipinski definition) is 0. The lowest BCUT2D eigenvalue weighted by molar-refractivity contribution is -0.305. The third-order valence-corrected chi connectivity index (χ3v) is 5.43. The lowest BCUT2D eigenvalue weighted by Crippen LogP contribution is -2.28. The first kappa shape index (κ1) is 19.8. The Hall–Kier alpha value is -1.99. The Morgan fingerprint density at radius 1 is 1.00 bits per heavy atom. The molecule has 140 valence electrons. The van der Waals surface area contributed by atoms with Crippen LogP contribution in [0, 0.1) is 0 Å². The Balaban J connectivity index is 1.85. The van der Waals surface area contributed by atoms with Crippen molar-refractivity contribution in [1.29, 1.82) is 0 Å². The normalized spacial score (nSPS) is 16.3. The zero-order valence-corrected chi connectivity index (χ0v) is 17.6. The van der Waals surface area contributed by atoms with E-state index in [1.165, 1.54) is 5.01 Å². The lowest BCUT2D eigenvalue weighted by atomic mass is 9.98. The summed E-state index contributed by atoms with van der Waals surface area (Å²) in [5.41, 5.74) is 2.79. The summed E-state index contributed by atoms with van der Waals surface area (Å²) in [6.07, 6.45) is 0.841. The second-order valence-electron chi connectivity index (χ2n) is 6.29. The minimum absolute atomic E-state index is 0.123. The highest BCUT2D eigenvalue weighted by Gasteiger charge is 2.32. The zero-order valence-electron chi connectivity index (χ0n) is 14.4. The van der Waals surface area contributed by atoms with E-state index in [2.05, 4.69) is 37.0 Å².